The summed E-state index contributed by atoms with van der Waals surface area (Å²) in [5, 5.41) is 3.44. The summed E-state index contributed by atoms with van der Waals surface area (Å²) < 4.78 is 6.14. The Morgan fingerprint density at radius 1 is 0.971 bits per heavy atom. The van der Waals surface area contributed by atoms with E-state index in [2.05, 4.69) is 23.2 Å². The average Bonchev–Trinajstić information content (AvgIpc) is 2.88. The topological polar surface area (TPSA) is 57.2 Å². The number of rotatable bonds is 6. The second kappa shape index (κ2) is 13.6. The van der Waals surface area contributed by atoms with Gasteiger partial charge in [-0.05, 0) is 56.0 Å². The number of nitrogens with zero attached hydrogens (tertiary/aromatic N) is 3. The summed E-state index contributed by atoms with van der Waals surface area (Å²) >= 11 is 0. The van der Waals surface area contributed by atoms with Crippen molar-refractivity contribution >= 4 is 35.8 Å². The summed E-state index contributed by atoms with van der Waals surface area (Å²) in [4.78, 5) is 22.1. The summed E-state index contributed by atoms with van der Waals surface area (Å²) in [6.45, 7) is 7.05. The normalized spacial score (nSPS) is 17.1. The van der Waals surface area contributed by atoms with Crippen LogP contribution in [0.15, 0.2) is 59.6 Å². The van der Waals surface area contributed by atoms with Crippen LogP contribution in [0.25, 0.3) is 0 Å². The second-order valence-electron chi connectivity index (χ2n) is 8.84. The van der Waals surface area contributed by atoms with E-state index in [4.69, 9.17) is 9.73 Å². The Morgan fingerprint density at radius 2 is 1.71 bits per heavy atom. The number of likely N-dealkylation sites (tertiary alicyclic amines) is 2. The van der Waals surface area contributed by atoms with Gasteiger partial charge in [0.15, 0.2) is 5.96 Å². The molecule has 2 saturated heterocycles. The van der Waals surface area contributed by atoms with Crippen LogP contribution in [0.1, 0.15) is 54.9 Å². The second-order valence-corrected chi connectivity index (χ2v) is 8.84. The molecule has 0 unspecified atom stereocenters. The lowest BCUT2D eigenvalue weighted by Crippen LogP contribution is -2.47. The number of carbonyl (C=O) groups is 1. The van der Waals surface area contributed by atoms with Gasteiger partial charge >= 0.3 is 0 Å². The van der Waals surface area contributed by atoms with Crippen molar-refractivity contribution in [3.05, 3.63) is 65.7 Å². The van der Waals surface area contributed by atoms with Gasteiger partial charge in [0.2, 0.25) is 0 Å². The van der Waals surface area contributed by atoms with Gasteiger partial charge in [-0.1, -0.05) is 30.3 Å². The minimum atomic E-state index is 0. The van der Waals surface area contributed by atoms with E-state index in [0.717, 1.165) is 81.2 Å². The number of nitrogens with one attached hydrogen (secondary N) is 1. The molecule has 2 aromatic rings. The van der Waals surface area contributed by atoms with E-state index in [1.54, 1.807) is 0 Å². The standard InChI is InChI=1S/C27H36N4O2.HI/c1-2-28-27(31-18-14-25(15-19-31)33-24-12-5-3-6-13-24)29-21-22-10-9-11-23(20-22)26(32)30-16-7-4-8-17-30;/h3,5-6,9-13,20,25H,2,4,7-8,14-19,21H2,1H3,(H,28,29);1H. The number of para-hydroxylation sites is 1. The number of ether oxygens (including phenoxy) is 1. The zero-order valence-corrected chi connectivity index (χ0v) is 22.4. The number of piperidine rings is 2. The molecular formula is C27H37IN4O2. The zero-order chi connectivity index (χ0) is 22.9. The van der Waals surface area contributed by atoms with Crippen molar-refractivity contribution in [2.75, 3.05) is 32.7 Å². The van der Waals surface area contributed by atoms with E-state index in [9.17, 15) is 4.79 Å². The van der Waals surface area contributed by atoms with Crippen molar-refractivity contribution in [2.45, 2.75) is 51.7 Å². The van der Waals surface area contributed by atoms with Gasteiger partial charge in [-0.2, -0.15) is 0 Å². The molecule has 184 valence electrons. The molecule has 0 aromatic heterocycles. The molecule has 1 N–H and O–H groups in total. The van der Waals surface area contributed by atoms with Gasteiger partial charge in [0.1, 0.15) is 11.9 Å². The predicted octanol–water partition coefficient (Wildman–Crippen LogP) is 4.94. The van der Waals surface area contributed by atoms with E-state index in [-0.39, 0.29) is 36.0 Å². The molecule has 34 heavy (non-hydrogen) atoms. The lowest BCUT2D eigenvalue weighted by Gasteiger charge is -2.34. The molecule has 0 spiro atoms. The van der Waals surface area contributed by atoms with E-state index in [1.165, 1.54) is 6.42 Å². The maximum absolute atomic E-state index is 12.9. The fourth-order valence-corrected chi connectivity index (χ4v) is 4.55. The van der Waals surface area contributed by atoms with E-state index in [1.807, 2.05) is 53.4 Å². The molecule has 2 heterocycles. The highest BCUT2D eigenvalue weighted by Gasteiger charge is 2.23. The molecule has 6 nitrogen and oxygen atoms in total. The lowest BCUT2D eigenvalue weighted by molar-refractivity contribution is 0.0724. The molecule has 0 bridgehead atoms. The van der Waals surface area contributed by atoms with Crippen LogP contribution in [-0.4, -0.2) is 60.5 Å². The molecule has 7 heteroatoms. The van der Waals surface area contributed by atoms with Crippen LogP contribution in [0, 0.1) is 0 Å². The fraction of sp³-hybridized carbons (Fsp3) is 0.481. The Morgan fingerprint density at radius 3 is 2.41 bits per heavy atom. The van der Waals surface area contributed by atoms with Crippen LogP contribution >= 0.6 is 24.0 Å². The van der Waals surface area contributed by atoms with Gasteiger partial charge in [-0.25, -0.2) is 4.99 Å². The maximum Gasteiger partial charge on any atom is 0.253 e. The molecule has 0 saturated carbocycles. The third-order valence-corrected chi connectivity index (χ3v) is 6.35. The molecule has 0 radical (unpaired) electrons. The highest BCUT2D eigenvalue weighted by Crippen LogP contribution is 2.19. The minimum Gasteiger partial charge on any atom is -0.490 e. The molecule has 2 aliphatic heterocycles. The van der Waals surface area contributed by atoms with Gasteiger partial charge < -0.3 is 19.9 Å². The Labute approximate surface area is 220 Å². The van der Waals surface area contributed by atoms with E-state index in [0.29, 0.717) is 6.54 Å². The van der Waals surface area contributed by atoms with Crippen molar-refractivity contribution < 1.29 is 9.53 Å². The van der Waals surface area contributed by atoms with Crippen LogP contribution in [-0.2, 0) is 6.54 Å². The monoisotopic (exact) mass is 576 g/mol. The molecule has 2 aliphatic rings. The van der Waals surface area contributed by atoms with Crippen molar-refractivity contribution in [3.63, 3.8) is 0 Å². The Kier molecular flexibility index (Phi) is 10.5. The van der Waals surface area contributed by atoms with Crippen LogP contribution in [0.4, 0.5) is 0 Å². The molecule has 0 atom stereocenters. The predicted molar refractivity (Wildman–Crippen MR) is 148 cm³/mol. The smallest absolute Gasteiger partial charge is 0.253 e. The van der Waals surface area contributed by atoms with Crippen molar-refractivity contribution in [1.29, 1.82) is 0 Å². The summed E-state index contributed by atoms with van der Waals surface area (Å²) in [5.41, 5.74) is 1.84. The number of aliphatic imine (C=N–C) groups is 1. The zero-order valence-electron chi connectivity index (χ0n) is 20.1. The molecular weight excluding hydrogens is 539 g/mol. The first-order chi connectivity index (χ1) is 16.2. The van der Waals surface area contributed by atoms with E-state index >= 15 is 0 Å². The number of hydrogen-bond acceptors (Lipinski definition) is 3. The number of halogens is 1. The summed E-state index contributed by atoms with van der Waals surface area (Å²) in [6, 6.07) is 18.0. The Bertz CT molecular complexity index is 923. The summed E-state index contributed by atoms with van der Waals surface area (Å²) in [6.07, 6.45) is 5.62. The quantitative estimate of drug-likeness (QED) is 0.301. The first kappa shape index (κ1) is 26.3. The highest BCUT2D eigenvalue weighted by atomic mass is 127. The fourth-order valence-electron chi connectivity index (χ4n) is 4.55. The lowest BCUT2D eigenvalue weighted by atomic mass is 10.1. The molecule has 2 fully saturated rings. The van der Waals surface area contributed by atoms with Crippen molar-refractivity contribution in [1.82, 2.24) is 15.1 Å². The van der Waals surface area contributed by atoms with E-state index < -0.39 is 0 Å². The highest BCUT2D eigenvalue weighted by molar-refractivity contribution is 14.0. The number of guanidine groups is 1. The number of hydrogen-bond donors (Lipinski definition) is 1. The summed E-state index contributed by atoms with van der Waals surface area (Å²) in [7, 11) is 0. The van der Waals surface area contributed by atoms with Gasteiger partial charge in [-0.15, -0.1) is 24.0 Å². The number of amides is 1. The average molecular weight is 577 g/mol. The van der Waals surface area contributed by atoms with Crippen LogP contribution in [0.3, 0.4) is 0 Å². The van der Waals surface area contributed by atoms with Crippen LogP contribution in [0.2, 0.25) is 0 Å². The molecule has 4 rings (SSSR count). The van der Waals surface area contributed by atoms with Gasteiger partial charge in [-0.3, -0.25) is 4.79 Å². The Hall–Kier alpha value is -2.29. The van der Waals surface area contributed by atoms with Crippen molar-refractivity contribution in [2.24, 2.45) is 4.99 Å². The molecule has 0 aliphatic carbocycles. The minimum absolute atomic E-state index is 0. The number of benzene rings is 2. The van der Waals surface area contributed by atoms with Crippen molar-refractivity contribution in [3.8, 4) is 5.75 Å². The summed E-state index contributed by atoms with van der Waals surface area (Å²) in [5.74, 6) is 2.02. The first-order valence-electron chi connectivity index (χ1n) is 12.4. The SMILES string of the molecule is CCNC(=NCc1cccc(C(=O)N2CCCCC2)c1)N1CCC(Oc2ccccc2)CC1.I. The van der Waals surface area contributed by atoms with Crippen LogP contribution in [0.5, 0.6) is 5.75 Å². The van der Waals surface area contributed by atoms with Crippen LogP contribution < -0.4 is 10.1 Å². The molecule has 2 aromatic carbocycles. The first-order valence-corrected chi connectivity index (χ1v) is 12.4. The van der Waals surface area contributed by atoms with Gasteiger partial charge in [0, 0.05) is 51.1 Å². The third-order valence-electron chi connectivity index (χ3n) is 6.35. The number of carbonyl (C=O) groups excluding carboxylic acids is 1. The molecule has 1 amide bonds. The Balaban J connectivity index is 0.00000324. The van der Waals surface area contributed by atoms with Gasteiger partial charge in [0.05, 0.1) is 6.54 Å². The largest absolute Gasteiger partial charge is 0.490 e. The maximum atomic E-state index is 12.9. The van der Waals surface area contributed by atoms with Gasteiger partial charge in [0.25, 0.3) is 5.91 Å². The third kappa shape index (κ3) is 7.35.